The molecule has 1 aliphatic carbocycles. The molecule has 0 heterocycles. The fourth-order valence-corrected chi connectivity index (χ4v) is 2.97. The SMILES string of the molecule is COc1ccc(NC(N)=NCc2ccccc2OC2CCCC2)cc1. The lowest BCUT2D eigenvalue weighted by molar-refractivity contribution is 0.208. The maximum atomic E-state index is 6.14. The first-order valence-electron chi connectivity index (χ1n) is 8.70. The van der Waals surface area contributed by atoms with Crippen molar-refractivity contribution in [3.05, 3.63) is 54.1 Å². The number of nitrogens with two attached hydrogens (primary N) is 1. The minimum Gasteiger partial charge on any atom is -0.497 e. The van der Waals surface area contributed by atoms with Crippen LogP contribution < -0.4 is 20.5 Å². The molecule has 25 heavy (non-hydrogen) atoms. The molecule has 0 spiro atoms. The Morgan fingerprint density at radius 2 is 1.84 bits per heavy atom. The summed E-state index contributed by atoms with van der Waals surface area (Å²) in [7, 11) is 1.64. The van der Waals surface area contributed by atoms with Gasteiger partial charge in [0, 0.05) is 11.3 Å². The molecule has 1 aliphatic rings. The zero-order chi connectivity index (χ0) is 17.5. The number of ether oxygens (including phenoxy) is 2. The van der Waals surface area contributed by atoms with Crippen LogP contribution in [0.15, 0.2) is 53.5 Å². The van der Waals surface area contributed by atoms with Crippen molar-refractivity contribution in [2.45, 2.75) is 38.3 Å². The average molecular weight is 339 g/mol. The van der Waals surface area contributed by atoms with Crippen molar-refractivity contribution < 1.29 is 9.47 Å². The van der Waals surface area contributed by atoms with Gasteiger partial charge in [0.2, 0.25) is 0 Å². The summed E-state index contributed by atoms with van der Waals surface area (Å²) in [6.45, 7) is 0.484. The number of benzene rings is 2. The normalized spacial score (nSPS) is 15.2. The van der Waals surface area contributed by atoms with Crippen LogP contribution in [-0.4, -0.2) is 19.2 Å². The van der Waals surface area contributed by atoms with Gasteiger partial charge >= 0.3 is 0 Å². The molecule has 132 valence electrons. The van der Waals surface area contributed by atoms with Crippen LogP contribution in [0.3, 0.4) is 0 Å². The van der Waals surface area contributed by atoms with Gasteiger partial charge in [-0.1, -0.05) is 18.2 Å². The highest BCUT2D eigenvalue weighted by Crippen LogP contribution is 2.27. The Balaban J connectivity index is 1.61. The van der Waals surface area contributed by atoms with E-state index < -0.39 is 0 Å². The van der Waals surface area contributed by atoms with E-state index in [2.05, 4.69) is 10.3 Å². The Hall–Kier alpha value is -2.69. The van der Waals surface area contributed by atoms with Gasteiger partial charge < -0.3 is 20.5 Å². The van der Waals surface area contributed by atoms with E-state index in [1.165, 1.54) is 12.8 Å². The van der Waals surface area contributed by atoms with Crippen LogP contribution in [-0.2, 0) is 6.54 Å². The second kappa shape index (κ2) is 8.42. The standard InChI is InChI=1S/C20H25N3O2/c1-24-17-12-10-16(11-13-17)23-20(21)22-14-15-6-2-5-9-19(15)25-18-7-3-4-8-18/h2,5-6,9-13,18H,3-4,7-8,14H2,1H3,(H3,21,22,23). The quantitative estimate of drug-likeness (QED) is 0.618. The summed E-state index contributed by atoms with van der Waals surface area (Å²) < 4.78 is 11.3. The summed E-state index contributed by atoms with van der Waals surface area (Å²) in [6, 6.07) is 15.6. The Bertz CT molecular complexity index is 707. The number of nitrogens with zero attached hydrogens (tertiary/aromatic N) is 1. The van der Waals surface area contributed by atoms with Crippen LogP contribution >= 0.6 is 0 Å². The van der Waals surface area contributed by atoms with E-state index in [-0.39, 0.29) is 0 Å². The molecule has 0 atom stereocenters. The van der Waals surface area contributed by atoms with Gasteiger partial charge in [-0.25, -0.2) is 4.99 Å². The van der Waals surface area contributed by atoms with Crippen LogP contribution in [0.5, 0.6) is 11.5 Å². The summed E-state index contributed by atoms with van der Waals surface area (Å²) in [5, 5.41) is 3.09. The monoisotopic (exact) mass is 339 g/mol. The zero-order valence-electron chi connectivity index (χ0n) is 14.6. The number of para-hydroxylation sites is 1. The first-order valence-corrected chi connectivity index (χ1v) is 8.70. The Kier molecular flexibility index (Phi) is 5.77. The highest BCUT2D eigenvalue weighted by molar-refractivity contribution is 5.92. The van der Waals surface area contributed by atoms with Crippen LogP contribution in [0.2, 0.25) is 0 Å². The van der Waals surface area contributed by atoms with Crippen molar-refractivity contribution in [3.63, 3.8) is 0 Å². The smallest absolute Gasteiger partial charge is 0.193 e. The third-order valence-corrected chi connectivity index (χ3v) is 4.35. The van der Waals surface area contributed by atoms with E-state index in [1.54, 1.807) is 7.11 Å². The molecule has 2 aromatic rings. The van der Waals surface area contributed by atoms with Gasteiger partial charge in [-0.05, 0) is 56.0 Å². The zero-order valence-corrected chi connectivity index (χ0v) is 14.6. The molecule has 0 aromatic heterocycles. The molecule has 5 heteroatoms. The Morgan fingerprint density at radius 3 is 2.56 bits per heavy atom. The van der Waals surface area contributed by atoms with Crippen molar-refractivity contribution >= 4 is 11.6 Å². The van der Waals surface area contributed by atoms with Crippen molar-refractivity contribution in [3.8, 4) is 11.5 Å². The number of nitrogens with one attached hydrogen (secondary N) is 1. The molecule has 2 aromatic carbocycles. The summed E-state index contributed by atoms with van der Waals surface area (Å²) >= 11 is 0. The topological polar surface area (TPSA) is 68.9 Å². The molecule has 0 aliphatic heterocycles. The molecule has 0 radical (unpaired) electrons. The highest BCUT2D eigenvalue weighted by atomic mass is 16.5. The lowest BCUT2D eigenvalue weighted by atomic mass is 10.2. The maximum Gasteiger partial charge on any atom is 0.193 e. The van der Waals surface area contributed by atoms with E-state index in [1.807, 2.05) is 48.5 Å². The van der Waals surface area contributed by atoms with Gasteiger partial charge in [-0.3, -0.25) is 0 Å². The predicted octanol–water partition coefficient (Wildman–Crippen LogP) is 3.94. The van der Waals surface area contributed by atoms with Gasteiger partial charge in [-0.2, -0.15) is 0 Å². The molecule has 3 N–H and O–H groups in total. The molecule has 3 rings (SSSR count). The third kappa shape index (κ3) is 4.89. The number of anilines is 1. The molecule has 0 unspecified atom stereocenters. The molecule has 0 saturated heterocycles. The minimum atomic E-state index is 0.333. The molecule has 0 amide bonds. The molecule has 5 nitrogen and oxygen atoms in total. The van der Waals surface area contributed by atoms with E-state index in [9.17, 15) is 0 Å². The second-order valence-electron chi connectivity index (χ2n) is 6.19. The maximum absolute atomic E-state index is 6.14. The van der Waals surface area contributed by atoms with Gasteiger partial charge in [0.15, 0.2) is 5.96 Å². The first kappa shape index (κ1) is 17.1. The molecule has 0 bridgehead atoms. The minimum absolute atomic E-state index is 0.333. The summed E-state index contributed by atoms with van der Waals surface area (Å²) in [5.41, 5.74) is 7.93. The second-order valence-corrected chi connectivity index (χ2v) is 6.19. The van der Waals surface area contributed by atoms with E-state index in [4.69, 9.17) is 15.2 Å². The van der Waals surface area contributed by atoms with Crippen molar-refractivity contribution in [1.82, 2.24) is 0 Å². The highest BCUT2D eigenvalue weighted by Gasteiger charge is 2.17. The lowest BCUT2D eigenvalue weighted by Gasteiger charge is -2.16. The van der Waals surface area contributed by atoms with Crippen LogP contribution in [0.25, 0.3) is 0 Å². The fourth-order valence-electron chi connectivity index (χ4n) is 2.97. The fraction of sp³-hybridized carbons (Fsp3) is 0.350. The summed E-state index contributed by atoms with van der Waals surface area (Å²) in [5.74, 6) is 2.09. The van der Waals surface area contributed by atoms with E-state index >= 15 is 0 Å². The number of hydrogen-bond acceptors (Lipinski definition) is 3. The average Bonchev–Trinajstić information content (AvgIpc) is 3.15. The van der Waals surface area contributed by atoms with Gasteiger partial charge in [0.1, 0.15) is 11.5 Å². The molecule has 1 fully saturated rings. The molecular weight excluding hydrogens is 314 g/mol. The van der Waals surface area contributed by atoms with Gasteiger partial charge in [0.25, 0.3) is 0 Å². The van der Waals surface area contributed by atoms with Crippen LogP contribution in [0.4, 0.5) is 5.69 Å². The summed E-state index contributed by atoms with van der Waals surface area (Å²) in [6.07, 6.45) is 5.12. The number of rotatable bonds is 6. The number of methoxy groups -OCH3 is 1. The Labute approximate surface area is 148 Å². The number of hydrogen-bond donors (Lipinski definition) is 2. The van der Waals surface area contributed by atoms with Crippen LogP contribution in [0, 0.1) is 0 Å². The number of aliphatic imine (C=N–C) groups is 1. The van der Waals surface area contributed by atoms with Crippen molar-refractivity contribution in [2.24, 2.45) is 10.7 Å². The van der Waals surface area contributed by atoms with Crippen LogP contribution in [0.1, 0.15) is 31.2 Å². The number of guanidine groups is 1. The predicted molar refractivity (Wildman–Crippen MR) is 101 cm³/mol. The van der Waals surface area contributed by atoms with Gasteiger partial charge in [0.05, 0.1) is 19.8 Å². The van der Waals surface area contributed by atoms with Gasteiger partial charge in [-0.15, -0.1) is 0 Å². The first-order chi connectivity index (χ1) is 12.2. The molecular formula is C20H25N3O2. The van der Waals surface area contributed by atoms with E-state index in [0.717, 1.165) is 35.6 Å². The Morgan fingerprint density at radius 1 is 1.12 bits per heavy atom. The van der Waals surface area contributed by atoms with Crippen molar-refractivity contribution in [2.75, 3.05) is 12.4 Å². The van der Waals surface area contributed by atoms with E-state index in [0.29, 0.717) is 18.6 Å². The summed E-state index contributed by atoms with van der Waals surface area (Å²) in [4.78, 5) is 4.44. The molecule has 1 saturated carbocycles. The largest absolute Gasteiger partial charge is 0.497 e. The third-order valence-electron chi connectivity index (χ3n) is 4.35. The van der Waals surface area contributed by atoms with Crippen molar-refractivity contribution in [1.29, 1.82) is 0 Å². The lowest BCUT2D eigenvalue weighted by Crippen LogP contribution is -2.22.